The van der Waals surface area contributed by atoms with Gasteiger partial charge in [-0.15, -0.1) is 0 Å². The van der Waals surface area contributed by atoms with E-state index in [1.807, 2.05) is 0 Å². The number of hydrogen-bond acceptors (Lipinski definition) is 3. The molecule has 2 aliphatic rings. The van der Waals surface area contributed by atoms with Crippen molar-refractivity contribution in [3.8, 4) is 0 Å². The van der Waals surface area contributed by atoms with Gasteiger partial charge in [0.05, 0.1) is 5.60 Å². The highest BCUT2D eigenvalue weighted by Crippen LogP contribution is 2.39. The van der Waals surface area contributed by atoms with E-state index < -0.39 is 12.8 Å². The maximum Gasteiger partial charge on any atom is 0.413 e. The van der Waals surface area contributed by atoms with E-state index >= 15 is 0 Å². The van der Waals surface area contributed by atoms with Crippen molar-refractivity contribution in [2.45, 2.75) is 56.3 Å². The molecule has 2 rings (SSSR count). The first-order chi connectivity index (χ1) is 7.99. The van der Waals surface area contributed by atoms with Crippen molar-refractivity contribution in [3.63, 3.8) is 0 Å². The molecule has 1 unspecified atom stereocenters. The number of rotatable bonds is 3. The summed E-state index contributed by atoms with van der Waals surface area (Å²) < 4.78 is 41.5. The molecular weight excluding hydrogens is 235 g/mol. The molecule has 1 heterocycles. The Bertz CT molecular complexity index is 252. The molecule has 1 aliphatic heterocycles. The van der Waals surface area contributed by atoms with Gasteiger partial charge in [-0.3, -0.25) is 4.84 Å². The number of hydrogen-bond donors (Lipinski definition) is 1. The highest BCUT2D eigenvalue weighted by molar-refractivity contribution is 4.92. The summed E-state index contributed by atoms with van der Waals surface area (Å²) in [6.45, 7) is -0.635. The van der Waals surface area contributed by atoms with Gasteiger partial charge in [-0.05, 0) is 25.7 Å². The van der Waals surface area contributed by atoms with Crippen molar-refractivity contribution in [3.05, 3.63) is 0 Å². The second-order valence-electron chi connectivity index (χ2n) is 4.95. The van der Waals surface area contributed by atoms with E-state index in [0.29, 0.717) is 13.0 Å². The van der Waals surface area contributed by atoms with Crippen LogP contribution in [0.25, 0.3) is 0 Å². The van der Waals surface area contributed by atoms with Crippen LogP contribution in [0.3, 0.4) is 0 Å². The fourth-order valence-electron chi connectivity index (χ4n) is 2.74. The van der Waals surface area contributed by atoms with Crippen LogP contribution in [0.2, 0.25) is 0 Å². The third-order valence-corrected chi connectivity index (χ3v) is 3.49. The highest BCUT2D eigenvalue weighted by Gasteiger charge is 2.40. The quantitative estimate of drug-likeness (QED) is 0.784. The van der Waals surface area contributed by atoms with Crippen molar-refractivity contribution in [2.24, 2.45) is 0 Å². The molecule has 0 aromatic carbocycles. The Kier molecular flexibility index (Phi) is 3.95. The predicted molar refractivity (Wildman–Crippen MR) is 55.3 cm³/mol. The van der Waals surface area contributed by atoms with Crippen LogP contribution in [0.15, 0.2) is 0 Å². The summed E-state index contributed by atoms with van der Waals surface area (Å²) in [5, 5.41) is 0. The average molecular weight is 253 g/mol. The molecular formula is C11H18F3NO2. The van der Waals surface area contributed by atoms with Crippen molar-refractivity contribution < 1.29 is 22.7 Å². The summed E-state index contributed by atoms with van der Waals surface area (Å²) in [6, 6.07) is -0.0239. The second kappa shape index (κ2) is 5.12. The van der Waals surface area contributed by atoms with Crippen LogP contribution in [0.5, 0.6) is 0 Å². The van der Waals surface area contributed by atoms with Crippen molar-refractivity contribution in [2.75, 3.05) is 13.2 Å². The van der Waals surface area contributed by atoms with Gasteiger partial charge in [0.1, 0.15) is 0 Å². The maximum atomic E-state index is 11.9. The minimum Gasteiger partial charge on any atom is -0.375 e. The monoisotopic (exact) mass is 253 g/mol. The third-order valence-electron chi connectivity index (χ3n) is 3.49. The Balaban J connectivity index is 1.74. The van der Waals surface area contributed by atoms with Crippen LogP contribution in [0.4, 0.5) is 13.2 Å². The van der Waals surface area contributed by atoms with Gasteiger partial charge in [-0.1, -0.05) is 12.8 Å². The number of halogens is 3. The minimum atomic E-state index is -4.27. The van der Waals surface area contributed by atoms with Gasteiger partial charge in [0, 0.05) is 12.6 Å². The van der Waals surface area contributed by atoms with Crippen LogP contribution < -0.4 is 5.48 Å². The zero-order valence-electron chi connectivity index (χ0n) is 9.68. The molecule has 1 saturated heterocycles. The largest absolute Gasteiger partial charge is 0.413 e. The zero-order valence-corrected chi connectivity index (χ0v) is 9.68. The minimum absolute atomic E-state index is 0.0239. The third kappa shape index (κ3) is 3.82. The molecule has 0 radical (unpaired) electrons. The smallest absolute Gasteiger partial charge is 0.375 e. The Morgan fingerprint density at radius 1 is 1.29 bits per heavy atom. The number of ether oxygens (including phenoxy) is 1. The molecule has 0 aromatic rings. The van der Waals surface area contributed by atoms with E-state index in [-0.39, 0.29) is 11.6 Å². The zero-order chi connectivity index (χ0) is 12.4. The molecule has 2 fully saturated rings. The summed E-state index contributed by atoms with van der Waals surface area (Å²) in [4.78, 5) is 4.51. The lowest BCUT2D eigenvalue weighted by atomic mass is 9.89. The van der Waals surface area contributed by atoms with E-state index in [1.54, 1.807) is 0 Å². The Labute approximate surface area is 98.6 Å². The number of nitrogens with one attached hydrogen (secondary N) is 1. The molecule has 0 aromatic heterocycles. The normalized spacial score (nSPS) is 28.8. The van der Waals surface area contributed by atoms with Gasteiger partial charge in [0.15, 0.2) is 6.61 Å². The van der Waals surface area contributed by atoms with Gasteiger partial charge in [0.2, 0.25) is 0 Å². The van der Waals surface area contributed by atoms with E-state index in [2.05, 4.69) is 10.3 Å². The van der Waals surface area contributed by atoms with Gasteiger partial charge in [-0.25, -0.2) is 0 Å². The first-order valence-electron chi connectivity index (χ1n) is 6.07. The van der Waals surface area contributed by atoms with Gasteiger partial charge in [-0.2, -0.15) is 18.7 Å². The van der Waals surface area contributed by atoms with Crippen LogP contribution in [-0.2, 0) is 9.57 Å². The fraction of sp³-hybridized carbons (Fsp3) is 1.00. The summed E-state index contributed by atoms with van der Waals surface area (Å²) in [6.07, 6.45) is 1.52. The van der Waals surface area contributed by atoms with Crippen LogP contribution >= 0.6 is 0 Å². The lowest BCUT2D eigenvalue weighted by Gasteiger charge is -2.38. The molecule has 3 nitrogen and oxygen atoms in total. The summed E-state index contributed by atoms with van der Waals surface area (Å²) in [5.41, 5.74) is 2.43. The molecule has 1 N–H and O–H groups in total. The van der Waals surface area contributed by atoms with Crippen LogP contribution in [-0.4, -0.2) is 31.0 Å². The number of hydroxylamine groups is 1. The standard InChI is InChI=1S/C11H18F3NO2/c12-11(13,14)8-17-15-9-3-6-16-10(7-9)4-1-2-5-10/h9,15H,1-8H2. The molecule has 0 bridgehead atoms. The summed E-state index contributed by atoms with van der Waals surface area (Å²) in [5.74, 6) is 0. The number of alkyl halides is 3. The van der Waals surface area contributed by atoms with E-state index in [4.69, 9.17) is 4.74 Å². The van der Waals surface area contributed by atoms with Gasteiger partial charge >= 0.3 is 6.18 Å². The van der Waals surface area contributed by atoms with Crippen molar-refractivity contribution in [1.82, 2.24) is 5.48 Å². The van der Waals surface area contributed by atoms with Crippen LogP contribution in [0.1, 0.15) is 38.5 Å². The Morgan fingerprint density at radius 2 is 2.00 bits per heavy atom. The Morgan fingerprint density at radius 3 is 2.65 bits per heavy atom. The first-order valence-corrected chi connectivity index (χ1v) is 6.07. The molecule has 1 saturated carbocycles. The lowest BCUT2D eigenvalue weighted by Crippen LogP contribution is -2.46. The fourth-order valence-corrected chi connectivity index (χ4v) is 2.74. The van der Waals surface area contributed by atoms with E-state index in [0.717, 1.165) is 32.1 Å². The summed E-state index contributed by atoms with van der Waals surface area (Å²) in [7, 11) is 0. The second-order valence-corrected chi connectivity index (χ2v) is 4.95. The van der Waals surface area contributed by atoms with E-state index in [1.165, 1.54) is 0 Å². The van der Waals surface area contributed by atoms with Crippen LogP contribution in [0, 0.1) is 0 Å². The molecule has 100 valence electrons. The van der Waals surface area contributed by atoms with Gasteiger partial charge in [0.25, 0.3) is 0 Å². The van der Waals surface area contributed by atoms with Gasteiger partial charge < -0.3 is 4.74 Å². The first kappa shape index (κ1) is 13.1. The maximum absolute atomic E-state index is 11.9. The topological polar surface area (TPSA) is 30.5 Å². The molecule has 1 spiro atoms. The van der Waals surface area contributed by atoms with Crippen molar-refractivity contribution in [1.29, 1.82) is 0 Å². The SMILES string of the molecule is FC(F)(F)CONC1CCOC2(CCCC2)C1. The molecule has 17 heavy (non-hydrogen) atoms. The summed E-state index contributed by atoms with van der Waals surface area (Å²) >= 11 is 0. The molecule has 6 heteroatoms. The Hall–Kier alpha value is -0.330. The predicted octanol–water partition coefficient (Wildman–Crippen LogP) is 2.56. The van der Waals surface area contributed by atoms with Crippen molar-refractivity contribution >= 4 is 0 Å². The lowest BCUT2D eigenvalue weighted by molar-refractivity contribution is -0.199. The molecule has 1 aliphatic carbocycles. The average Bonchev–Trinajstić information content (AvgIpc) is 2.64. The molecule has 1 atom stereocenters. The van der Waals surface area contributed by atoms with E-state index in [9.17, 15) is 13.2 Å². The molecule has 0 amide bonds. The highest BCUT2D eigenvalue weighted by atomic mass is 19.4.